The summed E-state index contributed by atoms with van der Waals surface area (Å²) in [4.78, 5) is 29.5. The number of aliphatic carboxylic acids is 1. The van der Waals surface area contributed by atoms with Gasteiger partial charge in [-0.05, 0) is 44.6 Å². The van der Waals surface area contributed by atoms with Gasteiger partial charge in [0.15, 0.2) is 0 Å². The number of nitrogens with zero attached hydrogens (tertiary/aromatic N) is 2. The molecular formula is C17H22N2O4. The van der Waals surface area contributed by atoms with Gasteiger partial charge in [0.1, 0.15) is 0 Å². The van der Waals surface area contributed by atoms with Crippen molar-refractivity contribution in [3.05, 3.63) is 23.9 Å². The molecule has 0 radical (unpaired) electrons. The summed E-state index contributed by atoms with van der Waals surface area (Å²) >= 11 is 0. The van der Waals surface area contributed by atoms with Crippen molar-refractivity contribution in [2.24, 2.45) is 11.3 Å². The molecule has 1 saturated carbocycles. The number of amides is 1. The molecule has 124 valence electrons. The van der Waals surface area contributed by atoms with Crippen molar-refractivity contribution < 1.29 is 19.4 Å². The smallest absolute Gasteiger partial charge is 0.307 e. The molecule has 0 bridgehead atoms. The molecule has 1 atom stereocenters. The Hall–Kier alpha value is -2.11. The molecular weight excluding hydrogens is 296 g/mol. The number of hydrogen-bond acceptors (Lipinski definition) is 4. The molecule has 1 spiro atoms. The fraction of sp³-hybridized carbons (Fsp3) is 0.588. The van der Waals surface area contributed by atoms with E-state index < -0.39 is 5.97 Å². The molecule has 0 aromatic carbocycles. The lowest BCUT2D eigenvalue weighted by molar-refractivity contribution is -0.139. The Labute approximate surface area is 135 Å². The minimum Gasteiger partial charge on any atom is -0.481 e. The molecule has 6 nitrogen and oxygen atoms in total. The molecule has 23 heavy (non-hydrogen) atoms. The Balaban J connectivity index is 1.58. The summed E-state index contributed by atoms with van der Waals surface area (Å²) in [6, 6.07) is 3.44. The second-order valence-electron chi connectivity index (χ2n) is 6.80. The first-order valence-corrected chi connectivity index (χ1v) is 8.06. The molecule has 1 aliphatic heterocycles. The van der Waals surface area contributed by atoms with E-state index in [1.54, 1.807) is 23.2 Å². The highest BCUT2D eigenvalue weighted by Crippen LogP contribution is 2.59. The first-order chi connectivity index (χ1) is 10.9. The van der Waals surface area contributed by atoms with Crippen LogP contribution in [0.4, 0.5) is 0 Å². The molecule has 1 N–H and O–H groups in total. The van der Waals surface area contributed by atoms with E-state index in [9.17, 15) is 9.59 Å². The van der Waals surface area contributed by atoms with E-state index in [0.717, 1.165) is 19.3 Å². The van der Waals surface area contributed by atoms with Crippen LogP contribution in [0.15, 0.2) is 18.3 Å². The van der Waals surface area contributed by atoms with Crippen LogP contribution in [0.25, 0.3) is 0 Å². The van der Waals surface area contributed by atoms with Crippen LogP contribution in [-0.4, -0.2) is 46.1 Å². The van der Waals surface area contributed by atoms with Gasteiger partial charge < -0.3 is 14.7 Å². The zero-order chi connectivity index (χ0) is 16.6. The number of ether oxygens (including phenoxy) is 1. The average Bonchev–Trinajstić information content (AvgIpc) is 3.22. The van der Waals surface area contributed by atoms with Crippen LogP contribution in [0.5, 0.6) is 5.88 Å². The van der Waals surface area contributed by atoms with Crippen molar-refractivity contribution in [3.8, 4) is 5.88 Å². The van der Waals surface area contributed by atoms with E-state index in [1.807, 2.05) is 13.8 Å². The van der Waals surface area contributed by atoms with Gasteiger partial charge in [0.2, 0.25) is 5.88 Å². The fourth-order valence-corrected chi connectivity index (χ4v) is 3.41. The highest BCUT2D eigenvalue weighted by atomic mass is 16.5. The minimum atomic E-state index is -0.699. The van der Waals surface area contributed by atoms with E-state index in [1.165, 1.54) is 0 Å². The van der Waals surface area contributed by atoms with Crippen LogP contribution in [0.2, 0.25) is 0 Å². The Morgan fingerprint density at radius 1 is 1.35 bits per heavy atom. The predicted molar refractivity (Wildman–Crippen MR) is 83.3 cm³/mol. The highest BCUT2D eigenvalue weighted by molar-refractivity contribution is 5.94. The lowest BCUT2D eigenvalue weighted by atomic mass is 9.90. The summed E-state index contributed by atoms with van der Waals surface area (Å²) in [7, 11) is 0. The van der Waals surface area contributed by atoms with Gasteiger partial charge in [-0.15, -0.1) is 0 Å². The molecule has 2 fully saturated rings. The number of likely N-dealkylation sites (tertiary alicyclic amines) is 1. The van der Waals surface area contributed by atoms with Gasteiger partial charge >= 0.3 is 5.97 Å². The Bertz CT molecular complexity index is 604. The summed E-state index contributed by atoms with van der Waals surface area (Å²) in [5.74, 6) is -0.448. The molecule has 2 heterocycles. The molecule has 2 aliphatic rings. The van der Waals surface area contributed by atoms with E-state index >= 15 is 0 Å². The third-order valence-electron chi connectivity index (χ3n) is 4.87. The lowest BCUT2D eigenvalue weighted by Crippen LogP contribution is -2.40. The van der Waals surface area contributed by atoms with Gasteiger partial charge in [0, 0.05) is 25.4 Å². The number of piperidine rings is 1. The zero-order valence-electron chi connectivity index (χ0n) is 13.5. The summed E-state index contributed by atoms with van der Waals surface area (Å²) < 4.78 is 5.47. The summed E-state index contributed by atoms with van der Waals surface area (Å²) in [6.45, 7) is 5.08. The van der Waals surface area contributed by atoms with Crippen LogP contribution in [0.3, 0.4) is 0 Å². The fourth-order valence-electron chi connectivity index (χ4n) is 3.41. The maximum absolute atomic E-state index is 12.5. The van der Waals surface area contributed by atoms with Crippen molar-refractivity contribution >= 4 is 11.9 Å². The first kappa shape index (κ1) is 15.8. The standard InChI is InChI=1S/C17H22N2O4/c1-11(2)23-14-4-3-12(10-18-14)15(20)19-7-5-17(6-8-19)9-13(17)16(21)22/h3-4,10-11,13H,5-9H2,1-2H3,(H,21,22). The number of hydrogen-bond donors (Lipinski definition) is 1. The minimum absolute atomic E-state index is 0.0445. The molecule has 1 aliphatic carbocycles. The van der Waals surface area contributed by atoms with Gasteiger partial charge in [0.25, 0.3) is 5.91 Å². The van der Waals surface area contributed by atoms with E-state index in [0.29, 0.717) is 24.5 Å². The number of carboxylic acid groups (broad SMARTS) is 1. The van der Waals surface area contributed by atoms with Gasteiger partial charge in [-0.1, -0.05) is 0 Å². The first-order valence-electron chi connectivity index (χ1n) is 8.06. The van der Waals surface area contributed by atoms with Crippen LogP contribution in [-0.2, 0) is 4.79 Å². The summed E-state index contributed by atoms with van der Waals surface area (Å²) in [5.41, 5.74) is 0.484. The molecule has 1 aromatic heterocycles. The van der Waals surface area contributed by atoms with Crippen LogP contribution in [0, 0.1) is 11.3 Å². The number of carbonyl (C=O) groups is 2. The maximum Gasteiger partial charge on any atom is 0.307 e. The van der Waals surface area contributed by atoms with Gasteiger partial charge in [-0.2, -0.15) is 0 Å². The van der Waals surface area contributed by atoms with Crippen molar-refractivity contribution in [3.63, 3.8) is 0 Å². The van der Waals surface area contributed by atoms with Crippen molar-refractivity contribution in [1.29, 1.82) is 0 Å². The number of rotatable bonds is 4. The number of pyridine rings is 1. The Morgan fingerprint density at radius 2 is 2.04 bits per heavy atom. The molecule has 6 heteroatoms. The van der Waals surface area contributed by atoms with E-state index in [-0.39, 0.29) is 23.3 Å². The largest absolute Gasteiger partial charge is 0.481 e. The quantitative estimate of drug-likeness (QED) is 0.920. The van der Waals surface area contributed by atoms with Crippen LogP contribution >= 0.6 is 0 Å². The number of aromatic nitrogens is 1. The summed E-state index contributed by atoms with van der Waals surface area (Å²) in [6.07, 6.45) is 3.90. The monoisotopic (exact) mass is 318 g/mol. The maximum atomic E-state index is 12.5. The molecule has 1 amide bonds. The number of carbonyl (C=O) groups excluding carboxylic acids is 1. The topological polar surface area (TPSA) is 79.7 Å². The third-order valence-corrected chi connectivity index (χ3v) is 4.87. The highest BCUT2D eigenvalue weighted by Gasteiger charge is 2.59. The van der Waals surface area contributed by atoms with Crippen LogP contribution < -0.4 is 4.74 Å². The van der Waals surface area contributed by atoms with Crippen molar-refractivity contribution in [1.82, 2.24) is 9.88 Å². The third kappa shape index (κ3) is 3.16. The summed E-state index contributed by atoms with van der Waals surface area (Å²) in [5, 5.41) is 9.11. The van der Waals surface area contributed by atoms with Gasteiger partial charge in [-0.25, -0.2) is 4.98 Å². The zero-order valence-corrected chi connectivity index (χ0v) is 13.5. The molecule has 1 saturated heterocycles. The predicted octanol–water partition coefficient (Wildman–Crippen LogP) is 2.20. The number of carboxylic acids is 1. The Kier molecular flexibility index (Phi) is 4.00. The van der Waals surface area contributed by atoms with Crippen LogP contribution in [0.1, 0.15) is 43.5 Å². The molecule has 1 unspecified atom stereocenters. The lowest BCUT2D eigenvalue weighted by Gasteiger charge is -2.32. The second kappa shape index (κ2) is 5.83. The second-order valence-corrected chi connectivity index (χ2v) is 6.80. The average molecular weight is 318 g/mol. The van der Waals surface area contributed by atoms with E-state index in [4.69, 9.17) is 9.84 Å². The van der Waals surface area contributed by atoms with E-state index in [2.05, 4.69) is 4.98 Å². The van der Waals surface area contributed by atoms with Crippen molar-refractivity contribution in [2.45, 2.75) is 39.2 Å². The normalized spacial score (nSPS) is 22.2. The molecule has 1 aromatic rings. The SMILES string of the molecule is CC(C)Oc1ccc(C(=O)N2CCC3(CC2)CC3C(=O)O)cn1. The Morgan fingerprint density at radius 3 is 2.52 bits per heavy atom. The van der Waals surface area contributed by atoms with Gasteiger partial charge in [-0.3, -0.25) is 9.59 Å². The molecule has 3 rings (SSSR count). The van der Waals surface area contributed by atoms with Crippen molar-refractivity contribution in [2.75, 3.05) is 13.1 Å². The van der Waals surface area contributed by atoms with Gasteiger partial charge in [0.05, 0.1) is 17.6 Å².